The topological polar surface area (TPSA) is 98.4 Å². The maximum Gasteiger partial charge on any atom is 0.138 e. The molecule has 0 unspecified atom stereocenters. The Balaban J connectivity index is 2.19. The predicted octanol–water partition coefficient (Wildman–Crippen LogP) is 5.72. The average Bonchev–Trinajstić information content (AvgIpc) is 2.87. The highest BCUT2D eigenvalue weighted by molar-refractivity contribution is 6.11. The number of hydrogen-bond donors (Lipinski definition) is 0. The van der Waals surface area contributed by atoms with Gasteiger partial charge in [-0.15, -0.1) is 0 Å². The van der Waals surface area contributed by atoms with Crippen LogP contribution in [-0.4, -0.2) is 14.1 Å². The number of nitriles is 4. The van der Waals surface area contributed by atoms with Gasteiger partial charge < -0.3 is 4.90 Å². The van der Waals surface area contributed by atoms with Crippen LogP contribution in [0.4, 0.5) is 5.69 Å². The third-order valence-corrected chi connectivity index (χ3v) is 5.15. The predicted molar refractivity (Wildman–Crippen MR) is 129 cm³/mol. The molecule has 0 amide bonds. The van der Waals surface area contributed by atoms with E-state index in [2.05, 4.69) is 0 Å². The molecule has 0 radical (unpaired) electrons. The number of nitrogens with zero attached hydrogens (tertiary/aromatic N) is 5. The number of hydrogen-bond acceptors (Lipinski definition) is 5. The molecule has 3 aromatic carbocycles. The van der Waals surface area contributed by atoms with Crippen LogP contribution in [0.1, 0.15) is 11.1 Å². The molecule has 0 aliphatic rings. The minimum atomic E-state index is -0.167. The van der Waals surface area contributed by atoms with Crippen molar-refractivity contribution in [2.24, 2.45) is 0 Å². The number of rotatable bonds is 5. The lowest BCUT2D eigenvalue weighted by Gasteiger charge is -2.15. The van der Waals surface area contributed by atoms with Crippen molar-refractivity contribution in [2.75, 3.05) is 19.0 Å². The maximum absolute atomic E-state index is 9.66. The van der Waals surface area contributed by atoms with Gasteiger partial charge in [0.1, 0.15) is 35.4 Å². The molecule has 3 rings (SSSR count). The Morgan fingerprint density at radius 2 is 0.939 bits per heavy atom. The Kier molecular flexibility index (Phi) is 7.03. The molecule has 156 valence electrons. The van der Waals surface area contributed by atoms with Gasteiger partial charge in [0.25, 0.3) is 0 Å². The van der Waals surface area contributed by atoms with Gasteiger partial charge in [0.05, 0.1) is 0 Å². The van der Waals surface area contributed by atoms with E-state index in [1.807, 2.05) is 85.7 Å². The minimum Gasteiger partial charge on any atom is -0.378 e. The Labute approximate surface area is 193 Å². The lowest BCUT2D eigenvalue weighted by molar-refractivity contribution is 1.13. The van der Waals surface area contributed by atoms with E-state index in [1.165, 1.54) is 0 Å². The van der Waals surface area contributed by atoms with Crippen molar-refractivity contribution in [1.29, 1.82) is 21.0 Å². The van der Waals surface area contributed by atoms with Crippen LogP contribution in [0, 0.1) is 45.3 Å². The molecule has 0 aliphatic carbocycles. The molecule has 0 bridgehead atoms. The normalized spacial score (nSPS) is 9.39. The number of benzene rings is 3. The van der Waals surface area contributed by atoms with Gasteiger partial charge in [-0.05, 0) is 34.4 Å². The quantitative estimate of drug-likeness (QED) is 0.384. The molecule has 0 atom stereocenters. The second kappa shape index (κ2) is 10.3. The molecule has 5 nitrogen and oxygen atoms in total. The number of anilines is 1. The van der Waals surface area contributed by atoms with Gasteiger partial charge in [0, 0.05) is 30.9 Å². The van der Waals surface area contributed by atoms with E-state index < -0.39 is 0 Å². The lowest BCUT2D eigenvalue weighted by atomic mass is 9.86. The van der Waals surface area contributed by atoms with Crippen LogP contribution in [0.3, 0.4) is 0 Å². The lowest BCUT2D eigenvalue weighted by Crippen LogP contribution is -2.07. The van der Waals surface area contributed by atoms with Crippen LogP contribution >= 0.6 is 0 Å². The van der Waals surface area contributed by atoms with E-state index in [-0.39, 0.29) is 22.3 Å². The number of allylic oxidation sites excluding steroid dienone is 4. The summed E-state index contributed by atoms with van der Waals surface area (Å²) in [7, 11) is 3.96. The fraction of sp³-hybridized carbons (Fsp3) is 0.0714. The van der Waals surface area contributed by atoms with Gasteiger partial charge in [-0.2, -0.15) is 21.0 Å². The van der Waals surface area contributed by atoms with Crippen LogP contribution in [0.2, 0.25) is 0 Å². The molecule has 0 N–H and O–H groups in total. The van der Waals surface area contributed by atoms with Crippen molar-refractivity contribution in [1.82, 2.24) is 0 Å². The van der Waals surface area contributed by atoms with Crippen LogP contribution in [0.25, 0.3) is 22.3 Å². The first kappa shape index (κ1) is 22.6. The molecule has 0 fully saturated rings. The Morgan fingerprint density at radius 3 is 1.33 bits per heavy atom. The molecular weight excluding hydrogens is 406 g/mol. The van der Waals surface area contributed by atoms with Gasteiger partial charge in [-0.25, -0.2) is 0 Å². The summed E-state index contributed by atoms with van der Waals surface area (Å²) in [6.45, 7) is 0. The zero-order chi connectivity index (χ0) is 23.8. The molecule has 0 saturated heterocycles. The summed E-state index contributed by atoms with van der Waals surface area (Å²) in [6, 6.07) is 32.0. The van der Waals surface area contributed by atoms with Crippen molar-refractivity contribution in [3.8, 4) is 35.4 Å². The van der Waals surface area contributed by atoms with Gasteiger partial charge in [-0.3, -0.25) is 0 Å². The van der Waals surface area contributed by atoms with E-state index in [9.17, 15) is 21.0 Å². The molecular formula is C28H19N5. The Hall–Kier alpha value is -5.10. The zero-order valence-corrected chi connectivity index (χ0v) is 18.2. The van der Waals surface area contributed by atoms with E-state index in [1.54, 1.807) is 36.4 Å². The van der Waals surface area contributed by atoms with Gasteiger partial charge >= 0.3 is 0 Å². The van der Waals surface area contributed by atoms with Crippen LogP contribution < -0.4 is 4.90 Å². The van der Waals surface area contributed by atoms with Gasteiger partial charge in [-0.1, -0.05) is 66.7 Å². The highest BCUT2D eigenvalue weighted by Crippen LogP contribution is 2.37. The van der Waals surface area contributed by atoms with Gasteiger partial charge in [0.2, 0.25) is 0 Å². The average molecular weight is 425 g/mol. The third-order valence-electron chi connectivity index (χ3n) is 5.15. The summed E-state index contributed by atoms with van der Waals surface area (Å²) >= 11 is 0. The molecule has 3 aromatic rings. The van der Waals surface area contributed by atoms with Gasteiger partial charge in [0.15, 0.2) is 0 Å². The molecule has 0 spiro atoms. The van der Waals surface area contributed by atoms with Crippen molar-refractivity contribution >= 4 is 16.8 Å². The van der Waals surface area contributed by atoms with Crippen molar-refractivity contribution in [3.63, 3.8) is 0 Å². The third kappa shape index (κ3) is 4.81. The summed E-state index contributed by atoms with van der Waals surface area (Å²) in [4.78, 5) is 2.02. The molecule has 33 heavy (non-hydrogen) atoms. The van der Waals surface area contributed by atoms with E-state index in [0.29, 0.717) is 11.1 Å². The van der Waals surface area contributed by atoms with E-state index >= 15 is 0 Å². The summed E-state index contributed by atoms with van der Waals surface area (Å²) in [6.07, 6.45) is 0. The van der Waals surface area contributed by atoms with E-state index in [4.69, 9.17) is 0 Å². The second-order valence-corrected chi connectivity index (χ2v) is 7.33. The van der Waals surface area contributed by atoms with Crippen molar-refractivity contribution < 1.29 is 0 Å². The maximum atomic E-state index is 9.66. The smallest absolute Gasteiger partial charge is 0.138 e. The molecule has 5 heteroatoms. The molecule has 0 aromatic heterocycles. The fourth-order valence-corrected chi connectivity index (χ4v) is 3.49. The molecule has 0 aliphatic heterocycles. The Morgan fingerprint density at radius 1 is 0.545 bits per heavy atom. The largest absolute Gasteiger partial charge is 0.378 e. The van der Waals surface area contributed by atoms with Crippen LogP contribution in [-0.2, 0) is 0 Å². The first-order valence-electron chi connectivity index (χ1n) is 10.1. The minimum absolute atomic E-state index is 0.164. The Bertz CT molecular complexity index is 1350. The first-order valence-corrected chi connectivity index (χ1v) is 10.1. The fourth-order valence-electron chi connectivity index (χ4n) is 3.49. The zero-order valence-electron chi connectivity index (χ0n) is 18.2. The van der Waals surface area contributed by atoms with E-state index in [0.717, 1.165) is 16.8 Å². The summed E-state index contributed by atoms with van der Waals surface area (Å²) in [5.74, 6) is 0. The van der Waals surface area contributed by atoms with Crippen LogP contribution in [0.15, 0.2) is 90.0 Å². The first-order chi connectivity index (χ1) is 16.0. The SMILES string of the molecule is CN(C)c1ccc(-c2ccc(C(=C(C#N)C#N)C(=C(C#N)C#N)c3ccccc3)cc2)cc1. The highest BCUT2D eigenvalue weighted by Gasteiger charge is 2.21. The van der Waals surface area contributed by atoms with Crippen LogP contribution in [0.5, 0.6) is 0 Å². The molecule has 0 saturated carbocycles. The summed E-state index contributed by atoms with van der Waals surface area (Å²) < 4.78 is 0. The second-order valence-electron chi connectivity index (χ2n) is 7.33. The highest BCUT2D eigenvalue weighted by atomic mass is 15.1. The molecule has 0 heterocycles. The summed E-state index contributed by atoms with van der Waals surface area (Å²) in [5, 5.41) is 38.5. The van der Waals surface area contributed by atoms with Crippen molar-refractivity contribution in [3.05, 3.63) is 101 Å². The van der Waals surface area contributed by atoms with Crippen molar-refractivity contribution in [2.45, 2.75) is 0 Å². The standard InChI is InChI=1S/C28H19N5/c1-33(2)26-14-12-21(13-15-26)20-8-10-23(11-9-20)28(25(18-31)19-32)27(24(16-29)17-30)22-6-4-3-5-7-22/h3-15H,1-2H3. The monoisotopic (exact) mass is 425 g/mol. The summed E-state index contributed by atoms with van der Waals surface area (Å²) in [5.41, 5.74) is 4.42.